The maximum absolute atomic E-state index is 12.2. The molecule has 0 spiro atoms. The number of carbonyl (C=O) groups is 1. The van der Waals surface area contributed by atoms with Crippen molar-refractivity contribution in [2.75, 3.05) is 24.3 Å². The monoisotopic (exact) mass is 285 g/mol. The van der Waals surface area contributed by atoms with Gasteiger partial charge in [0.1, 0.15) is 0 Å². The van der Waals surface area contributed by atoms with Gasteiger partial charge >= 0.3 is 0 Å². The van der Waals surface area contributed by atoms with E-state index in [0.717, 1.165) is 5.69 Å². The summed E-state index contributed by atoms with van der Waals surface area (Å²) in [5.41, 5.74) is 1.90. The Kier molecular flexibility index (Phi) is 4.18. The summed E-state index contributed by atoms with van der Waals surface area (Å²) in [7, 11) is 3.77. The van der Waals surface area contributed by atoms with Gasteiger partial charge in [0.25, 0.3) is 11.6 Å². The van der Waals surface area contributed by atoms with Crippen LogP contribution in [0.25, 0.3) is 0 Å². The summed E-state index contributed by atoms with van der Waals surface area (Å²) in [6, 6.07) is 12.9. The van der Waals surface area contributed by atoms with E-state index >= 15 is 0 Å². The largest absolute Gasteiger partial charge is 0.376 e. The number of para-hydroxylation sites is 2. The summed E-state index contributed by atoms with van der Waals surface area (Å²) >= 11 is 0. The number of non-ortho nitro benzene ring substituents is 1. The first-order valence-electron chi connectivity index (χ1n) is 6.31. The number of nitrogens with zero attached hydrogens (tertiary/aromatic N) is 2. The van der Waals surface area contributed by atoms with Crippen molar-refractivity contribution in [3.63, 3.8) is 0 Å². The molecule has 108 valence electrons. The molecule has 0 saturated carbocycles. The molecule has 0 bridgehead atoms. The van der Waals surface area contributed by atoms with Crippen LogP contribution in [0.1, 0.15) is 10.4 Å². The minimum atomic E-state index is -0.497. The standard InChI is InChI=1S/C15H15N3O3/c1-17(2)14-6-4-3-5-13(14)16-15(19)11-7-9-12(10-8-11)18(20)21/h3-10H,1-2H3,(H,16,19). The van der Waals surface area contributed by atoms with Crippen LogP contribution in [0.3, 0.4) is 0 Å². The van der Waals surface area contributed by atoms with Crippen molar-refractivity contribution in [3.05, 3.63) is 64.2 Å². The number of nitro benzene ring substituents is 1. The molecule has 0 aliphatic carbocycles. The molecule has 0 unspecified atom stereocenters. The van der Waals surface area contributed by atoms with Crippen LogP contribution in [-0.4, -0.2) is 24.9 Å². The highest BCUT2D eigenvalue weighted by molar-refractivity contribution is 6.06. The summed E-state index contributed by atoms with van der Waals surface area (Å²) < 4.78 is 0. The molecule has 1 N–H and O–H groups in total. The van der Waals surface area contributed by atoms with Gasteiger partial charge in [-0.15, -0.1) is 0 Å². The highest BCUT2D eigenvalue weighted by atomic mass is 16.6. The zero-order valence-corrected chi connectivity index (χ0v) is 11.7. The van der Waals surface area contributed by atoms with Crippen molar-refractivity contribution < 1.29 is 9.72 Å². The molecule has 0 saturated heterocycles. The van der Waals surface area contributed by atoms with E-state index in [2.05, 4.69) is 5.32 Å². The van der Waals surface area contributed by atoms with Crippen molar-refractivity contribution in [1.82, 2.24) is 0 Å². The molecule has 2 aromatic rings. The first-order chi connectivity index (χ1) is 9.99. The smallest absolute Gasteiger partial charge is 0.269 e. The third-order valence-electron chi connectivity index (χ3n) is 2.97. The summed E-state index contributed by atoms with van der Waals surface area (Å²) in [5, 5.41) is 13.4. The molecule has 21 heavy (non-hydrogen) atoms. The van der Waals surface area contributed by atoms with Crippen molar-refractivity contribution in [3.8, 4) is 0 Å². The fraction of sp³-hybridized carbons (Fsp3) is 0.133. The van der Waals surface area contributed by atoms with Gasteiger partial charge in [-0.25, -0.2) is 0 Å². The van der Waals surface area contributed by atoms with Gasteiger partial charge in [-0.2, -0.15) is 0 Å². The summed E-state index contributed by atoms with van der Waals surface area (Å²) in [6.07, 6.45) is 0. The molecule has 0 aromatic heterocycles. The number of rotatable bonds is 4. The van der Waals surface area contributed by atoms with Crippen LogP contribution in [0.2, 0.25) is 0 Å². The Hall–Kier alpha value is -2.89. The molecule has 0 fully saturated rings. The molecule has 2 aromatic carbocycles. The lowest BCUT2D eigenvalue weighted by Gasteiger charge is -2.17. The first-order valence-corrected chi connectivity index (χ1v) is 6.31. The minimum Gasteiger partial charge on any atom is -0.376 e. The number of nitrogens with one attached hydrogen (secondary N) is 1. The lowest BCUT2D eigenvalue weighted by Crippen LogP contribution is -2.16. The number of carbonyl (C=O) groups excluding carboxylic acids is 1. The first kappa shape index (κ1) is 14.5. The van der Waals surface area contributed by atoms with Crippen molar-refractivity contribution in [2.24, 2.45) is 0 Å². The molecule has 1 amide bonds. The van der Waals surface area contributed by atoms with Crippen LogP contribution in [0.5, 0.6) is 0 Å². The van der Waals surface area contributed by atoms with Gasteiger partial charge in [0, 0.05) is 31.8 Å². The Morgan fingerprint density at radius 1 is 1.10 bits per heavy atom. The molecule has 0 aliphatic heterocycles. The maximum atomic E-state index is 12.2. The van der Waals surface area contributed by atoms with Gasteiger partial charge in [-0.1, -0.05) is 12.1 Å². The SMILES string of the molecule is CN(C)c1ccccc1NC(=O)c1ccc([N+](=O)[O-])cc1. The Morgan fingerprint density at radius 3 is 2.29 bits per heavy atom. The molecular formula is C15H15N3O3. The predicted molar refractivity (Wildman–Crippen MR) is 81.8 cm³/mol. The highest BCUT2D eigenvalue weighted by Gasteiger charge is 2.11. The Labute approximate surface area is 122 Å². The van der Waals surface area contributed by atoms with Crippen molar-refractivity contribution in [1.29, 1.82) is 0 Å². The second-order valence-electron chi connectivity index (χ2n) is 4.67. The quantitative estimate of drug-likeness (QED) is 0.692. The highest BCUT2D eigenvalue weighted by Crippen LogP contribution is 2.24. The van der Waals surface area contributed by atoms with Crippen molar-refractivity contribution >= 4 is 23.0 Å². The number of hydrogen-bond donors (Lipinski definition) is 1. The van der Waals surface area contributed by atoms with E-state index in [4.69, 9.17) is 0 Å². The van der Waals surface area contributed by atoms with Gasteiger partial charge in [0.2, 0.25) is 0 Å². The zero-order valence-electron chi connectivity index (χ0n) is 11.7. The Bertz CT molecular complexity index is 666. The topological polar surface area (TPSA) is 75.5 Å². The molecule has 0 atom stereocenters. The fourth-order valence-electron chi connectivity index (χ4n) is 1.90. The van der Waals surface area contributed by atoms with Crippen molar-refractivity contribution in [2.45, 2.75) is 0 Å². The number of hydrogen-bond acceptors (Lipinski definition) is 4. The van der Waals surface area contributed by atoms with Crippen LogP contribution in [0.15, 0.2) is 48.5 Å². The van der Waals surface area contributed by atoms with Crippen LogP contribution < -0.4 is 10.2 Å². The van der Waals surface area contributed by atoms with Gasteiger partial charge in [-0.3, -0.25) is 14.9 Å². The average molecular weight is 285 g/mol. The predicted octanol–water partition coefficient (Wildman–Crippen LogP) is 2.91. The normalized spacial score (nSPS) is 10.0. The summed E-state index contributed by atoms with van der Waals surface area (Å²) in [6.45, 7) is 0. The van der Waals surface area contributed by atoms with Gasteiger partial charge in [-0.05, 0) is 24.3 Å². The molecule has 6 heteroatoms. The van der Waals surface area contributed by atoms with Crippen LogP contribution in [-0.2, 0) is 0 Å². The molecule has 0 heterocycles. The molecule has 0 radical (unpaired) electrons. The maximum Gasteiger partial charge on any atom is 0.269 e. The van der Waals surface area contributed by atoms with Crippen LogP contribution >= 0.6 is 0 Å². The van der Waals surface area contributed by atoms with Gasteiger partial charge < -0.3 is 10.2 Å². The van der Waals surface area contributed by atoms with Gasteiger partial charge in [0.15, 0.2) is 0 Å². The second kappa shape index (κ2) is 6.04. The summed E-state index contributed by atoms with van der Waals surface area (Å²) in [5.74, 6) is -0.306. The molecular weight excluding hydrogens is 270 g/mol. The lowest BCUT2D eigenvalue weighted by atomic mass is 10.2. The Morgan fingerprint density at radius 2 is 1.71 bits per heavy atom. The number of amides is 1. The number of benzene rings is 2. The summed E-state index contributed by atoms with van der Waals surface area (Å²) in [4.78, 5) is 24.2. The third kappa shape index (κ3) is 3.36. The molecule has 6 nitrogen and oxygen atoms in total. The molecule has 2 rings (SSSR count). The van der Waals surface area contributed by atoms with E-state index in [1.165, 1.54) is 24.3 Å². The van der Waals surface area contributed by atoms with E-state index in [1.54, 1.807) is 6.07 Å². The van der Waals surface area contributed by atoms with E-state index < -0.39 is 4.92 Å². The number of nitro groups is 1. The average Bonchev–Trinajstić information content (AvgIpc) is 2.47. The zero-order chi connectivity index (χ0) is 15.4. The second-order valence-corrected chi connectivity index (χ2v) is 4.67. The van der Waals surface area contributed by atoms with Crippen LogP contribution in [0.4, 0.5) is 17.1 Å². The van der Waals surface area contributed by atoms with E-state index in [9.17, 15) is 14.9 Å². The Balaban J connectivity index is 2.20. The molecule has 0 aliphatic rings. The number of anilines is 2. The van der Waals surface area contributed by atoms with Gasteiger partial charge in [0.05, 0.1) is 16.3 Å². The van der Waals surface area contributed by atoms with E-state index in [-0.39, 0.29) is 11.6 Å². The minimum absolute atomic E-state index is 0.0414. The fourth-order valence-corrected chi connectivity index (χ4v) is 1.90. The third-order valence-corrected chi connectivity index (χ3v) is 2.97. The lowest BCUT2D eigenvalue weighted by molar-refractivity contribution is -0.384. The van der Waals surface area contributed by atoms with Crippen LogP contribution in [0, 0.1) is 10.1 Å². The van der Waals surface area contributed by atoms with E-state index in [0.29, 0.717) is 11.3 Å². The van der Waals surface area contributed by atoms with E-state index in [1.807, 2.05) is 37.2 Å².